The van der Waals surface area contributed by atoms with Crippen LogP contribution in [0.5, 0.6) is 0 Å². The van der Waals surface area contributed by atoms with Gasteiger partial charge >= 0.3 is 12.1 Å². The fourth-order valence-corrected chi connectivity index (χ4v) is 7.63. The molecule has 3 aromatic rings. The first-order valence-electron chi connectivity index (χ1n) is 17.5. The Morgan fingerprint density at radius 3 is 2.00 bits per heavy atom. The fraction of sp³-hybridized carbons (Fsp3) is 0.500. The summed E-state index contributed by atoms with van der Waals surface area (Å²) in [4.78, 5) is 46.9. The number of carbonyl (C=O) groups excluding carboxylic acids is 3. The van der Waals surface area contributed by atoms with Crippen molar-refractivity contribution in [3.8, 4) is 0 Å². The lowest BCUT2D eigenvalue weighted by Crippen LogP contribution is -2.50. The number of rotatable bonds is 8. The predicted octanol–water partition coefficient (Wildman–Crippen LogP) is 5.91. The molecule has 0 N–H and O–H groups in total. The summed E-state index contributed by atoms with van der Waals surface area (Å²) < 4.78 is 45.8. The lowest BCUT2D eigenvalue weighted by atomic mass is 9.88. The fourth-order valence-electron chi connectivity index (χ4n) is 7.63. The van der Waals surface area contributed by atoms with Gasteiger partial charge in [0.05, 0.1) is 18.7 Å². The number of benzene rings is 3. The maximum atomic E-state index is 13.6. The van der Waals surface area contributed by atoms with E-state index < -0.39 is 11.7 Å². The molecule has 3 fully saturated rings. The molecule has 2 amide bonds. The number of piperidine rings is 2. The summed E-state index contributed by atoms with van der Waals surface area (Å²) in [5.74, 6) is 0.477. The van der Waals surface area contributed by atoms with Gasteiger partial charge in [-0.3, -0.25) is 24.2 Å². The second kappa shape index (κ2) is 15.3. The third-order valence-corrected chi connectivity index (χ3v) is 10.4. The third kappa shape index (κ3) is 8.27. The number of amides is 2. The molecule has 0 aliphatic carbocycles. The van der Waals surface area contributed by atoms with Crippen molar-refractivity contribution in [2.45, 2.75) is 44.7 Å². The van der Waals surface area contributed by atoms with E-state index in [4.69, 9.17) is 4.74 Å². The Morgan fingerprint density at radius 1 is 0.714 bits per heavy atom. The SMILES string of the molecule is CCOC(=O)CN1CCC(CN2CCN(C(=O)c3ccc(C4CCN(C(=O)c5cccc6c(C(F)(F)F)cccc56)CC4)cc3)CC2)CC1. The van der Waals surface area contributed by atoms with E-state index in [1.165, 1.54) is 18.2 Å². The van der Waals surface area contributed by atoms with Crippen molar-refractivity contribution in [2.24, 2.45) is 5.92 Å². The lowest BCUT2D eigenvalue weighted by molar-refractivity contribution is -0.144. The third-order valence-electron chi connectivity index (χ3n) is 10.4. The number of ether oxygens (including phenoxy) is 1. The van der Waals surface area contributed by atoms with Crippen molar-refractivity contribution in [1.82, 2.24) is 19.6 Å². The summed E-state index contributed by atoms with van der Waals surface area (Å²) in [6, 6.07) is 16.4. The van der Waals surface area contributed by atoms with Gasteiger partial charge in [-0.1, -0.05) is 36.4 Å². The number of alkyl halides is 3. The van der Waals surface area contributed by atoms with E-state index in [9.17, 15) is 27.6 Å². The topological polar surface area (TPSA) is 73.4 Å². The Bertz CT molecular complexity index is 1620. The average molecular weight is 679 g/mol. The Hall–Kier alpha value is -3.96. The molecule has 3 heterocycles. The maximum absolute atomic E-state index is 13.6. The van der Waals surface area contributed by atoms with Gasteiger partial charge in [0, 0.05) is 56.9 Å². The summed E-state index contributed by atoms with van der Waals surface area (Å²) in [6.07, 6.45) is -0.885. The molecule has 3 aromatic carbocycles. The molecule has 0 bridgehead atoms. The Kier molecular flexibility index (Phi) is 10.9. The van der Waals surface area contributed by atoms with Crippen LogP contribution >= 0.6 is 0 Å². The number of likely N-dealkylation sites (tertiary alicyclic amines) is 2. The van der Waals surface area contributed by atoms with Crippen molar-refractivity contribution in [1.29, 1.82) is 0 Å². The number of carbonyl (C=O) groups is 3. The smallest absolute Gasteiger partial charge is 0.417 e. The van der Waals surface area contributed by atoms with Crippen LogP contribution in [0.25, 0.3) is 10.8 Å². The van der Waals surface area contributed by atoms with Crippen LogP contribution < -0.4 is 0 Å². The van der Waals surface area contributed by atoms with E-state index >= 15 is 0 Å². The number of nitrogens with zero attached hydrogens (tertiary/aromatic N) is 4. The molecule has 0 radical (unpaired) electrons. The number of hydrogen-bond donors (Lipinski definition) is 0. The second-order valence-corrected chi connectivity index (χ2v) is 13.5. The first-order chi connectivity index (χ1) is 23.6. The molecule has 262 valence electrons. The molecular weight excluding hydrogens is 633 g/mol. The first kappa shape index (κ1) is 34.9. The van der Waals surface area contributed by atoms with Gasteiger partial charge < -0.3 is 14.5 Å². The standard InChI is InChI=1S/C38H45F3N4O4/c1-2-49-35(46)26-42-17-13-27(14-18-42)25-43-21-23-45(24-22-43)36(47)30-11-9-28(10-12-30)29-15-19-44(20-16-29)37(48)33-7-3-6-32-31(33)5-4-8-34(32)38(39,40)41/h3-12,27,29H,2,13-26H2,1H3. The normalized spacial score (nSPS) is 18.9. The molecule has 0 saturated carbocycles. The van der Waals surface area contributed by atoms with Crippen molar-refractivity contribution in [3.63, 3.8) is 0 Å². The van der Waals surface area contributed by atoms with Crippen molar-refractivity contribution >= 4 is 28.6 Å². The minimum atomic E-state index is -4.50. The number of piperazine rings is 1. The van der Waals surface area contributed by atoms with E-state index in [2.05, 4.69) is 9.80 Å². The van der Waals surface area contributed by atoms with Crippen molar-refractivity contribution in [2.75, 3.05) is 72.1 Å². The highest BCUT2D eigenvalue weighted by Crippen LogP contribution is 2.36. The zero-order valence-electron chi connectivity index (χ0n) is 28.1. The van der Waals surface area contributed by atoms with E-state index in [1.54, 1.807) is 17.0 Å². The molecule has 0 spiro atoms. The molecule has 8 nitrogen and oxygen atoms in total. The zero-order valence-corrected chi connectivity index (χ0v) is 28.1. The first-order valence-corrected chi connectivity index (χ1v) is 17.5. The number of halogens is 3. The van der Waals surface area contributed by atoms with Gasteiger partial charge in [-0.2, -0.15) is 13.2 Å². The highest BCUT2D eigenvalue weighted by molar-refractivity contribution is 6.07. The van der Waals surface area contributed by atoms with Crippen LogP contribution in [0, 0.1) is 5.92 Å². The van der Waals surface area contributed by atoms with Gasteiger partial charge in [-0.25, -0.2) is 0 Å². The summed E-state index contributed by atoms with van der Waals surface area (Å²) in [7, 11) is 0. The van der Waals surface area contributed by atoms with Gasteiger partial charge in [-0.05, 0) is 98.1 Å². The minimum Gasteiger partial charge on any atom is -0.465 e. The molecule has 3 aliphatic rings. The van der Waals surface area contributed by atoms with Crippen LogP contribution in [0.1, 0.15) is 70.4 Å². The van der Waals surface area contributed by atoms with E-state index in [0.29, 0.717) is 61.8 Å². The highest BCUT2D eigenvalue weighted by Gasteiger charge is 2.34. The quantitative estimate of drug-likeness (QED) is 0.276. The van der Waals surface area contributed by atoms with E-state index in [0.717, 1.165) is 70.0 Å². The second-order valence-electron chi connectivity index (χ2n) is 13.5. The summed E-state index contributed by atoms with van der Waals surface area (Å²) in [5, 5.41) is 0.351. The van der Waals surface area contributed by atoms with Crippen molar-refractivity contribution in [3.05, 3.63) is 82.9 Å². The highest BCUT2D eigenvalue weighted by atomic mass is 19.4. The minimum absolute atomic E-state index is 0.0355. The molecule has 0 aromatic heterocycles. The van der Waals surface area contributed by atoms with Gasteiger partial charge in [0.15, 0.2) is 0 Å². The molecule has 11 heteroatoms. The zero-order chi connectivity index (χ0) is 34.5. The number of fused-ring (bicyclic) bond motifs is 1. The van der Waals surface area contributed by atoms with Gasteiger partial charge in [0.2, 0.25) is 0 Å². The van der Waals surface area contributed by atoms with E-state index in [-0.39, 0.29) is 29.1 Å². The predicted molar refractivity (Wildman–Crippen MR) is 181 cm³/mol. The largest absolute Gasteiger partial charge is 0.465 e. The molecule has 6 rings (SSSR count). The number of hydrogen-bond acceptors (Lipinski definition) is 6. The summed E-state index contributed by atoms with van der Waals surface area (Å²) in [5.41, 5.74) is 1.36. The van der Waals surface area contributed by atoms with Gasteiger partial charge in [0.25, 0.3) is 11.8 Å². The Morgan fingerprint density at radius 2 is 1.35 bits per heavy atom. The van der Waals surface area contributed by atoms with Crippen LogP contribution in [0.15, 0.2) is 60.7 Å². The van der Waals surface area contributed by atoms with E-state index in [1.807, 2.05) is 36.1 Å². The number of esters is 1. The van der Waals surface area contributed by atoms with Crippen molar-refractivity contribution < 1.29 is 32.3 Å². The monoisotopic (exact) mass is 678 g/mol. The molecular formula is C38H45F3N4O4. The van der Waals surface area contributed by atoms with Crippen LogP contribution in [0.4, 0.5) is 13.2 Å². The molecule has 0 unspecified atom stereocenters. The Balaban J connectivity index is 0.961. The lowest BCUT2D eigenvalue weighted by Gasteiger charge is -2.38. The van der Waals surface area contributed by atoms with Gasteiger partial charge in [-0.15, -0.1) is 0 Å². The summed E-state index contributed by atoms with van der Waals surface area (Å²) >= 11 is 0. The van der Waals surface area contributed by atoms with Crippen LogP contribution in [-0.4, -0.2) is 109 Å². The van der Waals surface area contributed by atoms with Crippen LogP contribution in [0.2, 0.25) is 0 Å². The maximum Gasteiger partial charge on any atom is 0.417 e. The van der Waals surface area contributed by atoms with Crippen LogP contribution in [-0.2, 0) is 15.7 Å². The van der Waals surface area contributed by atoms with Crippen LogP contribution in [0.3, 0.4) is 0 Å². The molecule has 0 atom stereocenters. The molecule has 3 aliphatic heterocycles. The molecule has 3 saturated heterocycles. The van der Waals surface area contributed by atoms with Gasteiger partial charge in [0.1, 0.15) is 0 Å². The molecule has 49 heavy (non-hydrogen) atoms. The summed E-state index contributed by atoms with van der Waals surface area (Å²) in [6.45, 7) is 9.58. The average Bonchev–Trinajstić information content (AvgIpc) is 3.11. The Labute approximate surface area is 285 Å².